The molecular formula is C26H33F2N3O2. The minimum Gasteiger partial charge on any atom is -0.395 e. The number of amides is 2. The van der Waals surface area contributed by atoms with E-state index in [1.54, 1.807) is 29.2 Å². The molecule has 0 radical (unpaired) electrons. The zero-order valence-electron chi connectivity index (χ0n) is 19.3. The minimum atomic E-state index is -0.351. The van der Waals surface area contributed by atoms with Gasteiger partial charge in [-0.15, -0.1) is 0 Å². The van der Waals surface area contributed by atoms with Crippen LogP contribution in [0, 0.1) is 11.6 Å². The average Bonchev–Trinajstić information content (AvgIpc) is 3.00. The summed E-state index contributed by atoms with van der Waals surface area (Å²) in [7, 11) is 0. The Kier molecular flexibility index (Phi) is 7.00. The van der Waals surface area contributed by atoms with Crippen molar-refractivity contribution in [3.63, 3.8) is 0 Å². The van der Waals surface area contributed by atoms with Gasteiger partial charge in [0.15, 0.2) is 0 Å². The van der Waals surface area contributed by atoms with Crippen molar-refractivity contribution in [1.82, 2.24) is 15.1 Å². The summed E-state index contributed by atoms with van der Waals surface area (Å²) in [6.45, 7) is 5.89. The number of nitrogens with zero attached hydrogens (tertiary/aromatic N) is 2. The normalized spacial score (nSPS) is 22.2. The Hall–Kier alpha value is -2.51. The molecule has 2 aliphatic heterocycles. The lowest BCUT2D eigenvalue weighted by molar-refractivity contribution is 0.114. The molecule has 2 saturated heterocycles. The number of carbonyl (C=O) groups is 1. The van der Waals surface area contributed by atoms with Crippen LogP contribution in [-0.2, 0) is 0 Å². The number of benzene rings is 2. The summed E-state index contributed by atoms with van der Waals surface area (Å²) >= 11 is 0. The monoisotopic (exact) mass is 457 g/mol. The van der Waals surface area contributed by atoms with Crippen molar-refractivity contribution in [3.05, 3.63) is 71.3 Å². The van der Waals surface area contributed by atoms with Crippen molar-refractivity contribution in [2.75, 3.05) is 26.2 Å². The van der Waals surface area contributed by atoms with E-state index in [1.165, 1.54) is 24.3 Å². The molecule has 2 fully saturated rings. The van der Waals surface area contributed by atoms with Gasteiger partial charge in [-0.05, 0) is 62.1 Å². The van der Waals surface area contributed by atoms with Gasteiger partial charge in [0.05, 0.1) is 18.2 Å². The molecule has 2 N–H and O–H groups in total. The predicted molar refractivity (Wildman–Crippen MR) is 124 cm³/mol. The van der Waals surface area contributed by atoms with E-state index in [2.05, 4.69) is 19.2 Å². The molecule has 0 aliphatic carbocycles. The average molecular weight is 458 g/mol. The third-order valence-electron chi connectivity index (χ3n) is 7.31. The van der Waals surface area contributed by atoms with Gasteiger partial charge in [0.2, 0.25) is 0 Å². The number of rotatable bonds is 8. The van der Waals surface area contributed by atoms with Crippen molar-refractivity contribution in [1.29, 1.82) is 0 Å². The Morgan fingerprint density at radius 2 is 1.61 bits per heavy atom. The number of carbonyl (C=O) groups excluding carboxylic acids is 1. The van der Waals surface area contributed by atoms with Gasteiger partial charge in [0.1, 0.15) is 11.6 Å². The number of halogens is 2. The number of aliphatic hydroxyl groups excluding tert-OH is 1. The largest absolute Gasteiger partial charge is 0.395 e. The van der Waals surface area contributed by atoms with Crippen LogP contribution in [0.2, 0.25) is 0 Å². The molecular weight excluding hydrogens is 424 g/mol. The third-order valence-corrected chi connectivity index (χ3v) is 7.31. The number of hydrogen-bond acceptors (Lipinski definition) is 3. The Morgan fingerprint density at radius 1 is 1.03 bits per heavy atom. The fraction of sp³-hybridized carbons (Fsp3) is 0.500. The summed E-state index contributed by atoms with van der Waals surface area (Å²) in [5, 5.41) is 12.9. The zero-order valence-corrected chi connectivity index (χ0v) is 19.3. The molecule has 2 amide bonds. The van der Waals surface area contributed by atoms with Crippen molar-refractivity contribution in [2.45, 2.75) is 56.7 Å². The fourth-order valence-corrected chi connectivity index (χ4v) is 5.48. The molecule has 2 aromatic carbocycles. The first-order chi connectivity index (χ1) is 15.8. The van der Waals surface area contributed by atoms with Crippen molar-refractivity contribution >= 4 is 6.03 Å². The van der Waals surface area contributed by atoms with Crippen LogP contribution in [0.25, 0.3) is 0 Å². The lowest BCUT2D eigenvalue weighted by Gasteiger charge is -2.41. The van der Waals surface area contributed by atoms with E-state index in [9.17, 15) is 18.7 Å². The zero-order chi connectivity index (χ0) is 23.6. The highest BCUT2D eigenvalue weighted by Crippen LogP contribution is 2.37. The van der Waals surface area contributed by atoms with Crippen LogP contribution >= 0.6 is 0 Å². The van der Waals surface area contributed by atoms with Crippen LogP contribution in [0.5, 0.6) is 0 Å². The highest BCUT2D eigenvalue weighted by Gasteiger charge is 2.54. The summed E-state index contributed by atoms with van der Waals surface area (Å²) in [4.78, 5) is 17.0. The number of nitrogens with one attached hydrogen (secondary N) is 1. The van der Waals surface area contributed by atoms with Crippen LogP contribution in [0.3, 0.4) is 0 Å². The first kappa shape index (κ1) is 23.6. The first-order valence-electron chi connectivity index (χ1n) is 11.8. The van der Waals surface area contributed by atoms with Crippen LogP contribution in [0.4, 0.5) is 13.6 Å². The molecule has 2 heterocycles. The molecule has 0 bridgehead atoms. The lowest BCUT2D eigenvalue weighted by Crippen LogP contribution is -2.60. The van der Waals surface area contributed by atoms with Gasteiger partial charge < -0.3 is 20.2 Å². The highest BCUT2D eigenvalue weighted by atomic mass is 19.1. The quantitative estimate of drug-likeness (QED) is 0.627. The molecule has 2 unspecified atom stereocenters. The Bertz CT molecular complexity index is 904. The van der Waals surface area contributed by atoms with Gasteiger partial charge in [0, 0.05) is 31.6 Å². The van der Waals surface area contributed by atoms with Gasteiger partial charge in [-0.25, -0.2) is 13.6 Å². The maximum Gasteiger partial charge on any atom is 0.321 e. The lowest BCUT2D eigenvalue weighted by atomic mass is 9.86. The Morgan fingerprint density at radius 3 is 2.15 bits per heavy atom. The van der Waals surface area contributed by atoms with E-state index in [0.29, 0.717) is 6.54 Å². The molecule has 2 atom stereocenters. The van der Waals surface area contributed by atoms with Gasteiger partial charge in [0.25, 0.3) is 0 Å². The number of urea groups is 1. The van der Waals surface area contributed by atoms with Gasteiger partial charge in [-0.2, -0.15) is 0 Å². The molecule has 178 valence electrons. The topological polar surface area (TPSA) is 55.8 Å². The SMILES string of the molecule is CC1(C)C2CNCC(CCCC(c3ccc(F)cc3)c3ccc(F)cc3)N2C(=O)N1CCO. The highest BCUT2D eigenvalue weighted by molar-refractivity contribution is 5.79. The minimum absolute atomic E-state index is 0.000769. The summed E-state index contributed by atoms with van der Waals surface area (Å²) in [5.74, 6) is -0.535. The first-order valence-corrected chi connectivity index (χ1v) is 11.8. The van der Waals surface area contributed by atoms with E-state index >= 15 is 0 Å². The second-order valence-electron chi connectivity index (χ2n) is 9.63. The molecule has 2 aliphatic rings. The molecule has 4 rings (SSSR count). The molecule has 0 spiro atoms. The van der Waals surface area contributed by atoms with Crippen LogP contribution in [0.15, 0.2) is 48.5 Å². The van der Waals surface area contributed by atoms with Crippen molar-refractivity contribution in [2.24, 2.45) is 0 Å². The van der Waals surface area contributed by atoms with Crippen LogP contribution < -0.4 is 5.32 Å². The Labute approximate surface area is 194 Å². The van der Waals surface area contributed by atoms with Crippen LogP contribution in [0.1, 0.15) is 50.2 Å². The molecule has 2 aromatic rings. The second-order valence-corrected chi connectivity index (χ2v) is 9.63. The van der Waals surface area contributed by atoms with Gasteiger partial charge >= 0.3 is 6.03 Å². The van der Waals surface area contributed by atoms with Crippen molar-refractivity contribution < 1.29 is 18.7 Å². The third kappa shape index (κ3) is 4.75. The number of hydrogen-bond donors (Lipinski definition) is 2. The summed E-state index contributed by atoms with van der Waals surface area (Å²) in [6, 6.07) is 13.1. The molecule has 0 saturated carbocycles. The maximum absolute atomic E-state index is 13.5. The van der Waals surface area contributed by atoms with E-state index in [4.69, 9.17) is 0 Å². The number of aliphatic hydroxyl groups is 1. The summed E-state index contributed by atoms with van der Waals surface area (Å²) in [5.41, 5.74) is 1.64. The van der Waals surface area contributed by atoms with Crippen LogP contribution in [-0.4, -0.2) is 64.8 Å². The van der Waals surface area contributed by atoms with Crippen molar-refractivity contribution in [3.8, 4) is 0 Å². The number of β-amino-alcohol motifs (C(OH)–C–C–N with tert-alkyl or cyclic N) is 1. The molecule has 33 heavy (non-hydrogen) atoms. The number of piperazine rings is 1. The van der Waals surface area contributed by atoms with E-state index in [1.807, 2.05) is 4.90 Å². The molecule has 5 nitrogen and oxygen atoms in total. The van der Waals surface area contributed by atoms with Gasteiger partial charge in [-0.3, -0.25) is 0 Å². The van der Waals surface area contributed by atoms with E-state index in [-0.39, 0.29) is 47.8 Å². The maximum atomic E-state index is 13.5. The summed E-state index contributed by atoms with van der Waals surface area (Å²) < 4.78 is 27.0. The smallest absolute Gasteiger partial charge is 0.321 e. The standard InChI is InChI=1S/C26H33F2N3O2/c1-26(2)24-17-29-16-22(31(24)25(33)30(26)14-15-32)4-3-5-23(18-6-10-20(27)11-7-18)19-8-12-21(28)13-9-19/h6-13,22-24,29,32H,3-5,14-17H2,1-2H3. The van der Waals surface area contributed by atoms with E-state index in [0.717, 1.165) is 43.5 Å². The second kappa shape index (κ2) is 9.77. The number of fused-ring (bicyclic) bond motifs is 1. The fourth-order valence-electron chi connectivity index (χ4n) is 5.48. The summed E-state index contributed by atoms with van der Waals surface area (Å²) in [6.07, 6.45) is 2.50. The van der Waals surface area contributed by atoms with E-state index < -0.39 is 0 Å². The molecule has 7 heteroatoms. The molecule has 0 aromatic heterocycles. The predicted octanol–water partition coefficient (Wildman–Crippen LogP) is 4.12. The van der Waals surface area contributed by atoms with Gasteiger partial charge in [-0.1, -0.05) is 30.7 Å². The Balaban J connectivity index is 1.48.